The molecule has 2 heterocycles. The molecule has 0 saturated carbocycles. The predicted octanol–water partition coefficient (Wildman–Crippen LogP) is 2.28. The first kappa shape index (κ1) is 14.1. The summed E-state index contributed by atoms with van der Waals surface area (Å²) in [7, 11) is 0. The molecule has 0 radical (unpaired) electrons. The number of rotatable bonds is 5. The lowest BCUT2D eigenvalue weighted by atomic mass is 10.1. The highest BCUT2D eigenvalue weighted by molar-refractivity contribution is 5.78. The van der Waals surface area contributed by atoms with Crippen LogP contribution in [-0.4, -0.2) is 20.8 Å². The summed E-state index contributed by atoms with van der Waals surface area (Å²) in [4.78, 5) is 12.1. The van der Waals surface area contributed by atoms with Crippen LogP contribution in [0.25, 0.3) is 5.69 Å². The quantitative estimate of drug-likeness (QED) is 0.784. The van der Waals surface area contributed by atoms with Crippen molar-refractivity contribution in [1.82, 2.24) is 20.3 Å². The number of hydrogen-bond donors (Lipinski definition) is 1. The maximum absolute atomic E-state index is 12.1. The van der Waals surface area contributed by atoms with Gasteiger partial charge >= 0.3 is 0 Å². The Hall–Kier alpha value is -2.89. The van der Waals surface area contributed by atoms with Crippen molar-refractivity contribution >= 4 is 5.91 Å². The SMILES string of the molecule is CC(NC(=O)Cc1ccon1)c1ccccc1-n1cccn1. The lowest BCUT2D eigenvalue weighted by Gasteiger charge is -2.17. The highest BCUT2D eigenvalue weighted by Crippen LogP contribution is 2.21. The van der Waals surface area contributed by atoms with Gasteiger partial charge in [-0.05, 0) is 24.6 Å². The van der Waals surface area contributed by atoms with Gasteiger partial charge in [0.15, 0.2) is 0 Å². The van der Waals surface area contributed by atoms with Crippen LogP contribution in [0.5, 0.6) is 0 Å². The zero-order valence-electron chi connectivity index (χ0n) is 12.1. The number of carbonyl (C=O) groups is 1. The third-order valence-corrected chi connectivity index (χ3v) is 3.36. The second-order valence-electron chi connectivity index (χ2n) is 4.97. The van der Waals surface area contributed by atoms with Gasteiger partial charge in [-0.25, -0.2) is 4.68 Å². The van der Waals surface area contributed by atoms with Crippen LogP contribution in [0.3, 0.4) is 0 Å². The first-order valence-corrected chi connectivity index (χ1v) is 7.01. The molecule has 0 aliphatic heterocycles. The van der Waals surface area contributed by atoms with E-state index in [1.165, 1.54) is 6.26 Å². The number of para-hydroxylation sites is 1. The standard InChI is InChI=1S/C16H16N4O2/c1-12(18-16(21)11-13-7-10-22-19-13)14-5-2-3-6-15(14)20-9-4-8-17-20/h2-10,12H,11H2,1H3,(H,18,21). The van der Waals surface area contributed by atoms with Crippen molar-refractivity contribution in [3.05, 3.63) is 66.3 Å². The lowest BCUT2D eigenvalue weighted by molar-refractivity contribution is -0.121. The average molecular weight is 296 g/mol. The van der Waals surface area contributed by atoms with E-state index in [0.29, 0.717) is 5.69 Å². The fourth-order valence-electron chi connectivity index (χ4n) is 2.34. The molecular formula is C16H16N4O2. The summed E-state index contributed by atoms with van der Waals surface area (Å²) in [5, 5.41) is 11.0. The van der Waals surface area contributed by atoms with Crippen LogP contribution in [0, 0.1) is 0 Å². The number of carbonyl (C=O) groups excluding carboxylic acids is 1. The third-order valence-electron chi connectivity index (χ3n) is 3.36. The second-order valence-corrected chi connectivity index (χ2v) is 4.97. The van der Waals surface area contributed by atoms with Crippen molar-refractivity contribution < 1.29 is 9.32 Å². The predicted molar refractivity (Wildman–Crippen MR) is 80.3 cm³/mol. The van der Waals surface area contributed by atoms with E-state index in [0.717, 1.165) is 11.3 Å². The molecule has 0 saturated heterocycles. The molecule has 1 N–H and O–H groups in total. The van der Waals surface area contributed by atoms with Gasteiger partial charge < -0.3 is 9.84 Å². The fourth-order valence-corrected chi connectivity index (χ4v) is 2.34. The molecule has 6 nitrogen and oxygen atoms in total. The van der Waals surface area contributed by atoms with E-state index < -0.39 is 0 Å². The summed E-state index contributed by atoms with van der Waals surface area (Å²) >= 11 is 0. The molecule has 1 unspecified atom stereocenters. The molecular weight excluding hydrogens is 280 g/mol. The summed E-state index contributed by atoms with van der Waals surface area (Å²) in [5.74, 6) is -0.100. The Morgan fingerprint density at radius 3 is 2.91 bits per heavy atom. The number of amides is 1. The molecule has 6 heteroatoms. The van der Waals surface area contributed by atoms with Crippen LogP contribution < -0.4 is 5.32 Å². The molecule has 1 aromatic carbocycles. The Balaban J connectivity index is 1.75. The normalized spacial score (nSPS) is 12.0. The molecule has 0 fully saturated rings. The highest BCUT2D eigenvalue weighted by Gasteiger charge is 2.15. The second kappa shape index (κ2) is 6.26. The van der Waals surface area contributed by atoms with E-state index in [2.05, 4.69) is 15.6 Å². The van der Waals surface area contributed by atoms with E-state index >= 15 is 0 Å². The van der Waals surface area contributed by atoms with E-state index in [1.54, 1.807) is 16.9 Å². The smallest absolute Gasteiger partial charge is 0.226 e. The Bertz CT molecular complexity index is 735. The van der Waals surface area contributed by atoms with E-state index in [-0.39, 0.29) is 18.4 Å². The van der Waals surface area contributed by atoms with Gasteiger partial charge in [0.1, 0.15) is 6.26 Å². The van der Waals surface area contributed by atoms with Gasteiger partial charge in [0.2, 0.25) is 5.91 Å². The Kier molecular flexibility index (Phi) is 4.00. The van der Waals surface area contributed by atoms with Gasteiger partial charge in [0.25, 0.3) is 0 Å². The molecule has 22 heavy (non-hydrogen) atoms. The average Bonchev–Trinajstić information content (AvgIpc) is 3.20. The van der Waals surface area contributed by atoms with Crippen LogP contribution in [0.2, 0.25) is 0 Å². The molecule has 112 valence electrons. The minimum absolute atomic E-state index is 0.100. The highest BCUT2D eigenvalue weighted by atomic mass is 16.5. The van der Waals surface area contributed by atoms with Crippen molar-refractivity contribution in [3.63, 3.8) is 0 Å². The summed E-state index contributed by atoms with van der Waals surface area (Å²) in [5.41, 5.74) is 2.56. The molecule has 2 aromatic heterocycles. The molecule has 0 aliphatic carbocycles. The minimum Gasteiger partial charge on any atom is -0.364 e. The Morgan fingerprint density at radius 1 is 1.32 bits per heavy atom. The molecule has 0 bridgehead atoms. The lowest BCUT2D eigenvalue weighted by Crippen LogP contribution is -2.28. The molecule has 3 aromatic rings. The van der Waals surface area contributed by atoms with Gasteiger partial charge in [0, 0.05) is 18.5 Å². The third kappa shape index (κ3) is 3.06. The maximum Gasteiger partial charge on any atom is 0.226 e. The number of aromatic nitrogens is 3. The minimum atomic E-state index is -0.139. The van der Waals surface area contributed by atoms with Crippen LogP contribution in [0.4, 0.5) is 0 Å². The van der Waals surface area contributed by atoms with Gasteiger partial charge in [-0.1, -0.05) is 23.4 Å². The van der Waals surface area contributed by atoms with Gasteiger partial charge in [-0.2, -0.15) is 5.10 Å². The van der Waals surface area contributed by atoms with Crippen molar-refractivity contribution in [2.45, 2.75) is 19.4 Å². The molecule has 3 rings (SSSR count). The van der Waals surface area contributed by atoms with E-state index in [9.17, 15) is 4.79 Å². The van der Waals surface area contributed by atoms with Crippen molar-refractivity contribution in [3.8, 4) is 5.69 Å². The van der Waals surface area contributed by atoms with Crippen molar-refractivity contribution in [2.75, 3.05) is 0 Å². The number of benzene rings is 1. The molecule has 0 spiro atoms. The molecule has 1 amide bonds. The Morgan fingerprint density at radius 2 is 2.18 bits per heavy atom. The number of nitrogens with one attached hydrogen (secondary N) is 1. The summed E-state index contributed by atoms with van der Waals surface area (Å²) in [6.45, 7) is 1.95. The monoisotopic (exact) mass is 296 g/mol. The van der Waals surface area contributed by atoms with Crippen LogP contribution in [-0.2, 0) is 11.2 Å². The van der Waals surface area contributed by atoms with Gasteiger partial charge in [-0.15, -0.1) is 0 Å². The van der Waals surface area contributed by atoms with Gasteiger partial charge in [0.05, 0.1) is 23.8 Å². The summed E-state index contributed by atoms with van der Waals surface area (Å²) < 4.78 is 6.52. The largest absolute Gasteiger partial charge is 0.364 e. The van der Waals surface area contributed by atoms with Crippen LogP contribution in [0.15, 0.2) is 59.6 Å². The summed E-state index contributed by atoms with van der Waals surface area (Å²) in [6.07, 6.45) is 5.26. The summed E-state index contributed by atoms with van der Waals surface area (Å²) in [6, 6.07) is 11.3. The maximum atomic E-state index is 12.1. The fraction of sp³-hybridized carbons (Fsp3) is 0.188. The zero-order chi connectivity index (χ0) is 15.4. The van der Waals surface area contributed by atoms with E-state index in [1.807, 2.05) is 43.5 Å². The number of hydrogen-bond acceptors (Lipinski definition) is 4. The molecule has 1 atom stereocenters. The van der Waals surface area contributed by atoms with Crippen molar-refractivity contribution in [1.29, 1.82) is 0 Å². The number of nitrogens with zero attached hydrogens (tertiary/aromatic N) is 3. The topological polar surface area (TPSA) is 73.0 Å². The van der Waals surface area contributed by atoms with Crippen LogP contribution >= 0.6 is 0 Å². The van der Waals surface area contributed by atoms with E-state index in [4.69, 9.17) is 4.52 Å². The first-order chi connectivity index (χ1) is 10.7. The molecule has 0 aliphatic rings. The Labute approximate surface area is 127 Å². The van der Waals surface area contributed by atoms with Gasteiger partial charge in [-0.3, -0.25) is 4.79 Å². The first-order valence-electron chi connectivity index (χ1n) is 7.01. The van der Waals surface area contributed by atoms with Crippen molar-refractivity contribution in [2.24, 2.45) is 0 Å². The zero-order valence-corrected chi connectivity index (χ0v) is 12.1. The van der Waals surface area contributed by atoms with Crippen LogP contribution in [0.1, 0.15) is 24.2 Å².